The molecule has 0 unspecified atom stereocenters. The van der Waals surface area contributed by atoms with Crippen LogP contribution in [-0.4, -0.2) is 11.9 Å². The quantitative estimate of drug-likeness (QED) is 0.619. The summed E-state index contributed by atoms with van der Waals surface area (Å²) in [5.74, 6) is -0.627. The van der Waals surface area contributed by atoms with Crippen LogP contribution in [0, 0.1) is 13.8 Å². The Labute approximate surface area is 161 Å². The van der Waals surface area contributed by atoms with Gasteiger partial charge in [0.05, 0.1) is 0 Å². The number of rotatable bonds is 3. The zero-order valence-electron chi connectivity index (χ0n) is 16.2. The first-order valence-electron chi connectivity index (χ1n) is 9.91. The van der Waals surface area contributed by atoms with Crippen LogP contribution in [0.5, 0.6) is 0 Å². The van der Waals surface area contributed by atoms with Gasteiger partial charge in [-0.05, 0) is 43.4 Å². The van der Waals surface area contributed by atoms with Gasteiger partial charge < -0.3 is 4.74 Å². The van der Waals surface area contributed by atoms with Crippen molar-refractivity contribution in [1.29, 1.82) is 0 Å². The molecule has 2 aromatic carbocycles. The van der Waals surface area contributed by atoms with Crippen LogP contribution in [0.2, 0.25) is 0 Å². The molecular weight excluding hydrogens is 336 g/mol. The van der Waals surface area contributed by atoms with E-state index in [4.69, 9.17) is 14.5 Å². The minimum absolute atomic E-state index is 0.230. The van der Waals surface area contributed by atoms with Gasteiger partial charge in [0.2, 0.25) is 5.79 Å². The Kier molecular flexibility index (Phi) is 5.18. The highest BCUT2D eigenvalue weighted by Gasteiger charge is 2.46. The molecule has 0 radical (unpaired) electrons. The van der Waals surface area contributed by atoms with Crippen LogP contribution in [0.25, 0.3) is 5.57 Å². The first-order chi connectivity index (χ1) is 13.1. The summed E-state index contributed by atoms with van der Waals surface area (Å²) >= 11 is 0. The van der Waals surface area contributed by atoms with Crippen molar-refractivity contribution in [2.75, 3.05) is 0 Å². The molecule has 3 heteroatoms. The summed E-state index contributed by atoms with van der Waals surface area (Å²) in [6.45, 7) is 8.50. The number of hydrogen-bond donors (Lipinski definition) is 0. The lowest BCUT2D eigenvalue weighted by Gasteiger charge is -2.45. The van der Waals surface area contributed by atoms with E-state index in [1.807, 2.05) is 0 Å². The SMILES string of the molecule is C=C(c1ccc(C)cc1)[C@H]1OOC2(CCCCC2)O[C@@H]1c1ccc(C)cc1. The van der Waals surface area contributed by atoms with E-state index < -0.39 is 5.79 Å². The predicted octanol–water partition coefficient (Wildman–Crippen LogP) is 6.07. The molecule has 2 aliphatic rings. The molecule has 2 fully saturated rings. The fourth-order valence-corrected chi connectivity index (χ4v) is 3.97. The van der Waals surface area contributed by atoms with Gasteiger partial charge in [-0.25, -0.2) is 9.78 Å². The van der Waals surface area contributed by atoms with Crippen molar-refractivity contribution in [1.82, 2.24) is 0 Å². The summed E-state index contributed by atoms with van der Waals surface area (Å²) in [6.07, 6.45) is 4.58. The average Bonchev–Trinajstić information content (AvgIpc) is 2.69. The fraction of sp³-hybridized carbons (Fsp3) is 0.417. The zero-order chi connectivity index (χ0) is 18.9. The number of hydrogen-bond acceptors (Lipinski definition) is 3. The third-order valence-electron chi connectivity index (χ3n) is 5.71. The molecule has 2 aromatic rings. The highest BCUT2D eigenvalue weighted by molar-refractivity contribution is 5.68. The van der Waals surface area contributed by atoms with Crippen LogP contribution in [0.1, 0.15) is 60.5 Å². The zero-order valence-corrected chi connectivity index (χ0v) is 16.2. The minimum Gasteiger partial charge on any atom is -0.336 e. The first kappa shape index (κ1) is 18.4. The van der Waals surface area contributed by atoms with Crippen LogP contribution in [-0.2, 0) is 14.5 Å². The maximum absolute atomic E-state index is 6.61. The molecular formula is C24H28O3. The Morgan fingerprint density at radius 3 is 2.11 bits per heavy atom. The molecule has 1 heterocycles. The van der Waals surface area contributed by atoms with E-state index in [-0.39, 0.29) is 12.2 Å². The maximum atomic E-state index is 6.61. The first-order valence-corrected chi connectivity index (χ1v) is 9.91. The molecule has 4 rings (SSSR count). The van der Waals surface area contributed by atoms with Crippen LogP contribution in [0.15, 0.2) is 55.1 Å². The average molecular weight is 364 g/mol. The van der Waals surface area contributed by atoms with Crippen molar-refractivity contribution < 1.29 is 14.5 Å². The van der Waals surface area contributed by atoms with Gasteiger partial charge in [-0.3, -0.25) is 0 Å². The topological polar surface area (TPSA) is 27.7 Å². The third-order valence-corrected chi connectivity index (χ3v) is 5.71. The molecule has 1 spiro atoms. The van der Waals surface area contributed by atoms with Gasteiger partial charge in [-0.15, -0.1) is 0 Å². The molecule has 0 N–H and O–H groups in total. The molecule has 1 saturated carbocycles. The van der Waals surface area contributed by atoms with Crippen molar-refractivity contribution in [3.8, 4) is 0 Å². The lowest BCUT2D eigenvalue weighted by atomic mass is 9.90. The van der Waals surface area contributed by atoms with E-state index in [2.05, 4.69) is 69.0 Å². The lowest BCUT2D eigenvalue weighted by Crippen LogP contribution is -2.48. The van der Waals surface area contributed by atoms with Crippen LogP contribution in [0.4, 0.5) is 0 Å². The number of aryl methyl sites for hydroxylation is 2. The van der Waals surface area contributed by atoms with Crippen molar-refractivity contribution in [3.63, 3.8) is 0 Å². The molecule has 0 amide bonds. The molecule has 1 aliphatic carbocycles. The van der Waals surface area contributed by atoms with Gasteiger partial charge in [0.15, 0.2) is 0 Å². The fourth-order valence-electron chi connectivity index (χ4n) is 3.97. The normalized spacial score (nSPS) is 24.7. The smallest absolute Gasteiger partial charge is 0.202 e. The summed E-state index contributed by atoms with van der Waals surface area (Å²) in [5, 5.41) is 0. The molecule has 27 heavy (non-hydrogen) atoms. The summed E-state index contributed by atoms with van der Waals surface area (Å²) in [6, 6.07) is 16.8. The van der Waals surface area contributed by atoms with Gasteiger partial charge in [-0.2, -0.15) is 0 Å². The highest BCUT2D eigenvalue weighted by Crippen LogP contribution is 2.45. The van der Waals surface area contributed by atoms with Crippen molar-refractivity contribution in [2.45, 2.75) is 63.9 Å². The second-order valence-electron chi connectivity index (χ2n) is 7.91. The molecule has 1 aliphatic heterocycles. The molecule has 0 aromatic heterocycles. The Bertz CT molecular complexity index is 785. The second-order valence-corrected chi connectivity index (χ2v) is 7.91. The summed E-state index contributed by atoms with van der Waals surface area (Å²) in [5.41, 5.74) is 5.49. The van der Waals surface area contributed by atoms with Gasteiger partial charge in [-0.1, -0.05) is 72.7 Å². The van der Waals surface area contributed by atoms with E-state index in [0.29, 0.717) is 0 Å². The van der Waals surface area contributed by atoms with E-state index in [1.54, 1.807) is 0 Å². The standard InChI is InChI=1S/C24H28O3/c1-17-7-11-20(12-8-17)19(3)22-23(21-13-9-18(2)10-14-21)25-24(27-26-22)15-5-4-6-16-24/h7-14,22-23H,3-6,15-16H2,1-2H3/t22-,23-/m1/s1. The minimum atomic E-state index is -0.627. The second kappa shape index (κ2) is 7.59. The maximum Gasteiger partial charge on any atom is 0.202 e. The van der Waals surface area contributed by atoms with Crippen LogP contribution < -0.4 is 0 Å². The Balaban J connectivity index is 1.65. The number of ether oxygens (including phenoxy) is 1. The van der Waals surface area contributed by atoms with E-state index in [1.165, 1.54) is 17.5 Å². The summed E-state index contributed by atoms with van der Waals surface area (Å²) < 4.78 is 6.61. The predicted molar refractivity (Wildman–Crippen MR) is 107 cm³/mol. The molecule has 142 valence electrons. The van der Waals surface area contributed by atoms with E-state index in [9.17, 15) is 0 Å². The Hall–Kier alpha value is -1.94. The van der Waals surface area contributed by atoms with Crippen LogP contribution >= 0.6 is 0 Å². The van der Waals surface area contributed by atoms with Gasteiger partial charge in [0.1, 0.15) is 12.2 Å². The van der Waals surface area contributed by atoms with Gasteiger partial charge in [0.25, 0.3) is 0 Å². The molecule has 3 nitrogen and oxygen atoms in total. The lowest BCUT2D eigenvalue weighted by molar-refractivity contribution is -0.501. The Morgan fingerprint density at radius 2 is 1.48 bits per heavy atom. The monoisotopic (exact) mass is 364 g/mol. The Morgan fingerprint density at radius 1 is 0.889 bits per heavy atom. The van der Waals surface area contributed by atoms with Gasteiger partial charge in [0, 0.05) is 12.8 Å². The van der Waals surface area contributed by atoms with Crippen molar-refractivity contribution >= 4 is 5.57 Å². The van der Waals surface area contributed by atoms with E-state index >= 15 is 0 Å². The summed E-state index contributed by atoms with van der Waals surface area (Å²) in [7, 11) is 0. The molecule has 0 bridgehead atoms. The highest BCUT2D eigenvalue weighted by atomic mass is 17.2. The van der Waals surface area contributed by atoms with Crippen molar-refractivity contribution in [2.24, 2.45) is 0 Å². The largest absolute Gasteiger partial charge is 0.336 e. The van der Waals surface area contributed by atoms with Crippen molar-refractivity contribution in [3.05, 3.63) is 77.4 Å². The molecule has 1 saturated heterocycles. The summed E-state index contributed by atoms with van der Waals surface area (Å²) in [4.78, 5) is 11.9. The number of benzene rings is 2. The van der Waals surface area contributed by atoms with Gasteiger partial charge >= 0.3 is 0 Å². The van der Waals surface area contributed by atoms with Crippen LogP contribution in [0.3, 0.4) is 0 Å². The molecule has 2 atom stereocenters. The third kappa shape index (κ3) is 3.86. The van der Waals surface area contributed by atoms with E-state index in [0.717, 1.165) is 42.4 Å².